The van der Waals surface area contributed by atoms with Gasteiger partial charge in [0.15, 0.2) is 28.8 Å². The summed E-state index contributed by atoms with van der Waals surface area (Å²) in [5, 5.41) is 10.5. The Bertz CT molecular complexity index is 2530. The van der Waals surface area contributed by atoms with Gasteiger partial charge in [-0.25, -0.2) is 5.84 Å². The summed E-state index contributed by atoms with van der Waals surface area (Å²) < 4.78 is 17.8. The summed E-state index contributed by atoms with van der Waals surface area (Å²) in [6.07, 6.45) is 7.52. The summed E-state index contributed by atoms with van der Waals surface area (Å²) in [5.41, 5.74) is 8.91. The third-order valence-electron chi connectivity index (χ3n) is 15.0. The Kier molecular flexibility index (Phi) is 25.9. The summed E-state index contributed by atoms with van der Waals surface area (Å²) in [5.74, 6) is 3.61. The van der Waals surface area contributed by atoms with Crippen molar-refractivity contribution in [2.45, 2.75) is 151 Å². The quantitative estimate of drug-likeness (QED) is 0.00950. The fourth-order valence-electron chi connectivity index (χ4n) is 10.3. The Morgan fingerprint density at radius 1 is 0.787 bits per heavy atom. The topological polar surface area (TPSA) is 239 Å². The number of carbonyl (C=O) groups excluding carboxylic acids is 7. The number of carbonyl (C=O) groups is 7. The molecular formula is C63H92N7O10+. The fraction of sp³-hybridized carbons (Fsp3) is 0.571. The Hall–Kier alpha value is -6.43. The second-order valence-electron chi connectivity index (χ2n) is 23.5. The Labute approximate surface area is 475 Å². The maximum atomic E-state index is 14.8. The van der Waals surface area contributed by atoms with Crippen LogP contribution in [0.15, 0.2) is 90.8 Å². The van der Waals surface area contributed by atoms with E-state index in [1.54, 1.807) is 18.3 Å². The van der Waals surface area contributed by atoms with Crippen molar-refractivity contribution in [3.63, 3.8) is 0 Å². The predicted molar refractivity (Wildman–Crippen MR) is 309 cm³/mol. The molecule has 17 heteroatoms. The summed E-state index contributed by atoms with van der Waals surface area (Å²) in [6.45, 7) is 16.7. The molecule has 3 amide bonds. The number of unbranched alkanes of at least 4 members (excludes halogenated alkanes) is 1. The highest BCUT2D eigenvalue weighted by molar-refractivity contribution is 5.97. The van der Waals surface area contributed by atoms with Crippen LogP contribution in [0.1, 0.15) is 136 Å². The highest BCUT2D eigenvalue weighted by Gasteiger charge is 2.48. The molecule has 5 rings (SSSR count). The van der Waals surface area contributed by atoms with Crippen LogP contribution in [0.3, 0.4) is 0 Å². The van der Waals surface area contributed by atoms with Crippen LogP contribution in [-0.2, 0) is 57.7 Å². The Balaban J connectivity index is 1.33. The molecule has 2 aliphatic rings. The van der Waals surface area contributed by atoms with Gasteiger partial charge in [-0.05, 0) is 105 Å². The number of ether oxygens (including phenoxy) is 3. The monoisotopic (exact) mass is 1110 g/mol. The van der Waals surface area contributed by atoms with Gasteiger partial charge in [0.25, 0.3) is 0 Å². The number of Topliss-reactive ketones (excluding diaryl/α,β-unsaturated/α-hetero) is 3. The van der Waals surface area contributed by atoms with Crippen molar-refractivity contribution < 1.29 is 52.3 Å². The van der Waals surface area contributed by atoms with Crippen molar-refractivity contribution in [2.24, 2.45) is 40.7 Å². The van der Waals surface area contributed by atoms with Crippen LogP contribution in [-0.4, -0.2) is 115 Å². The molecule has 0 spiro atoms. The SMILES string of the molecule is CCCNC(=O)CCCCN(N)/C=C(\N)COc1cc(C[N+]2(CC(=O)C[C@@H](CCc3ccccc3)C(=O)N[C@@H](CC(C)C)C(=O)C[C@@H](Cc3ccccc3)C(=O)N[C@@H](CC(C)C)C(=O)C3(C)CC3)CCOCC2)ccc1OC(C)=O. The number of amides is 3. The third kappa shape index (κ3) is 22.2. The largest absolute Gasteiger partial charge is 0.483 e. The van der Waals surface area contributed by atoms with Crippen LogP contribution < -0.4 is 37.0 Å². The lowest BCUT2D eigenvalue weighted by atomic mass is 9.87. The number of nitrogens with zero attached hydrogens (tertiary/aromatic N) is 2. The highest BCUT2D eigenvalue weighted by atomic mass is 16.6. The van der Waals surface area contributed by atoms with Gasteiger partial charge in [0, 0.05) is 68.3 Å². The van der Waals surface area contributed by atoms with Crippen LogP contribution >= 0.6 is 0 Å². The van der Waals surface area contributed by atoms with Crippen molar-refractivity contribution in [1.82, 2.24) is 21.0 Å². The first-order valence-corrected chi connectivity index (χ1v) is 29.0. The number of hydrogen-bond donors (Lipinski definition) is 5. The summed E-state index contributed by atoms with van der Waals surface area (Å²) in [4.78, 5) is 96.4. The predicted octanol–water partition coefficient (Wildman–Crippen LogP) is 7.47. The van der Waals surface area contributed by atoms with Gasteiger partial charge >= 0.3 is 5.97 Å². The molecule has 2 fully saturated rings. The number of nitrogens with one attached hydrogen (secondary N) is 3. The van der Waals surface area contributed by atoms with Gasteiger partial charge in [-0.1, -0.05) is 102 Å². The lowest BCUT2D eigenvalue weighted by molar-refractivity contribution is -0.940. The van der Waals surface area contributed by atoms with E-state index in [1.165, 1.54) is 11.9 Å². The van der Waals surface area contributed by atoms with Crippen molar-refractivity contribution in [1.29, 1.82) is 0 Å². The zero-order valence-electron chi connectivity index (χ0n) is 48.7. The molecule has 3 aromatic carbocycles. The van der Waals surface area contributed by atoms with Crippen LogP contribution in [0.5, 0.6) is 11.5 Å². The number of quaternary nitrogens is 1. The number of benzene rings is 3. The van der Waals surface area contributed by atoms with Crippen LogP contribution in [0.25, 0.3) is 0 Å². The molecule has 1 aliphatic heterocycles. The number of rotatable bonds is 36. The van der Waals surface area contributed by atoms with E-state index >= 15 is 0 Å². The number of morpholine rings is 1. The molecule has 80 heavy (non-hydrogen) atoms. The van der Waals surface area contributed by atoms with E-state index in [-0.39, 0.29) is 84.9 Å². The van der Waals surface area contributed by atoms with Crippen LogP contribution in [0.4, 0.5) is 0 Å². The molecule has 0 radical (unpaired) electrons. The lowest BCUT2D eigenvalue weighted by Gasteiger charge is -2.41. The van der Waals surface area contributed by atoms with Gasteiger partial charge in [-0.2, -0.15) is 0 Å². The number of nitrogens with two attached hydrogens (primary N) is 2. The molecule has 17 nitrogen and oxygen atoms in total. The minimum Gasteiger partial charge on any atom is -0.483 e. The van der Waals surface area contributed by atoms with Crippen LogP contribution in [0.2, 0.25) is 0 Å². The number of aryl methyl sites for hydroxylation is 1. The highest BCUT2D eigenvalue weighted by Crippen LogP contribution is 2.47. The second-order valence-corrected chi connectivity index (χ2v) is 23.5. The molecule has 1 heterocycles. The Morgan fingerprint density at radius 3 is 2.04 bits per heavy atom. The fourth-order valence-corrected chi connectivity index (χ4v) is 10.3. The summed E-state index contributed by atoms with van der Waals surface area (Å²) in [6, 6.07) is 23.0. The maximum absolute atomic E-state index is 14.8. The number of hydrogen-bond acceptors (Lipinski definition) is 13. The van der Waals surface area contributed by atoms with E-state index in [0.29, 0.717) is 101 Å². The molecule has 4 atom stereocenters. The minimum absolute atomic E-state index is 0.00453. The molecule has 7 N–H and O–H groups in total. The molecule has 0 unspecified atom stereocenters. The van der Waals surface area contributed by atoms with Gasteiger partial charge in [0.2, 0.25) is 17.7 Å². The van der Waals surface area contributed by atoms with Crippen molar-refractivity contribution in [3.05, 3.63) is 107 Å². The molecular weight excluding hydrogens is 1010 g/mol. The average Bonchev–Trinajstić information content (AvgIpc) is 4.20. The van der Waals surface area contributed by atoms with E-state index in [1.807, 2.05) is 108 Å². The second kappa shape index (κ2) is 32.1. The van der Waals surface area contributed by atoms with Crippen molar-refractivity contribution in [3.8, 4) is 11.5 Å². The number of hydrazine groups is 1. The van der Waals surface area contributed by atoms with Crippen molar-refractivity contribution in [2.75, 3.05) is 52.5 Å². The van der Waals surface area contributed by atoms with Gasteiger partial charge in [-0.15, -0.1) is 0 Å². The van der Waals surface area contributed by atoms with E-state index in [9.17, 15) is 33.6 Å². The Morgan fingerprint density at radius 2 is 1.41 bits per heavy atom. The first kappa shape index (κ1) is 64.4. The zero-order chi connectivity index (χ0) is 58.2. The van der Waals surface area contributed by atoms with Gasteiger partial charge < -0.3 is 45.4 Å². The van der Waals surface area contributed by atoms with E-state index in [4.69, 9.17) is 25.8 Å². The summed E-state index contributed by atoms with van der Waals surface area (Å²) in [7, 11) is 0. The minimum atomic E-state index is -0.925. The van der Waals surface area contributed by atoms with E-state index < -0.39 is 41.2 Å². The molecule has 1 saturated heterocycles. The zero-order valence-corrected chi connectivity index (χ0v) is 48.7. The first-order chi connectivity index (χ1) is 38.2. The molecule has 3 aromatic rings. The van der Waals surface area contributed by atoms with E-state index in [2.05, 4.69) is 16.0 Å². The molecule has 1 aliphatic carbocycles. The van der Waals surface area contributed by atoms with Crippen molar-refractivity contribution >= 4 is 41.0 Å². The molecule has 0 bridgehead atoms. The summed E-state index contributed by atoms with van der Waals surface area (Å²) >= 11 is 0. The van der Waals surface area contributed by atoms with Gasteiger partial charge in [-0.3, -0.25) is 33.6 Å². The standard InChI is InChI=1S/C63H91N7O10/c1-8-28-66-59(74)21-15-16-29-69(65)40-52(64)43-79-58-37-49(23-25-57(58)80-46(6)71)41-70(30-32-78-33-31-70)42-53(72)38-50(24-22-47-17-11-9-12-18-47)61(76)67-54(34-44(2)3)56(73)39-51(36-48-19-13-10-14-20-48)62(77)68-55(35-45(4)5)60(75)63(7)26-27-63/h9-14,17-20,23,25,37,40,44-45,50-51,54-55H,8,15-16,21-22,24,26-36,38-39,41-43,64-65H2,1-7H3,(H2-,66,67,68,74,76,77)/p+1/b52-40-/t50-,51-,54+,55+/m1/s1. The van der Waals surface area contributed by atoms with Gasteiger partial charge in [0.1, 0.15) is 32.8 Å². The van der Waals surface area contributed by atoms with Gasteiger partial charge in [0.05, 0.1) is 31.0 Å². The molecule has 1 saturated carbocycles. The average molecular weight is 1110 g/mol. The smallest absolute Gasteiger partial charge is 0.308 e. The van der Waals surface area contributed by atoms with Crippen LogP contribution in [0, 0.1) is 29.1 Å². The number of esters is 1. The van der Waals surface area contributed by atoms with E-state index in [0.717, 1.165) is 36.0 Å². The lowest BCUT2D eigenvalue weighted by Crippen LogP contribution is -2.57. The first-order valence-electron chi connectivity index (χ1n) is 29.0. The number of ketones is 3. The molecule has 438 valence electrons. The third-order valence-corrected chi connectivity index (χ3v) is 15.0. The normalized spacial score (nSPS) is 16.1. The maximum Gasteiger partial charge on any atom is 0.308 e. The molecule has 0 aromatic heterocycles.